The van der Waals surface area contributed by atoms with E-state index in [2.05, 4.69) is 24.0 Å². The molecule has 118 valence electrons. The van der Waals surface area contributed by atoms with Crippen LogP contribution >= 0.6 is 0 Å². The van der Waals surface area contributed by atoms with Crippen molar-refractivity contribution in [2.75, 3.05) is 6.54 Å². The summed E-state index contributed by atoms with van der Waals surface area (Å²) in [7, 11) is 0. The van der Waals surface area contributed by atoms with Crippen LogP contribution in [0.4, 0.5) is 0 Å². The van der Waals surface area contributed by atoms with E-state index >= 15 is 0 Å². The number of unbranched alkanes of at least 4 members (excludes halogenated alkanes) is 1. The highest BCUT2D eigenvalue weighted by atomic mass is 16.3. The third kappa shape index (κ3) is 4.55. The third-order valence-electron chi connectivity index (χ3n) is 3.99. The van der Waals surface area contributed by atoms with Gasteiger partial charge in [0.2, 0.25) is 0 Å². The minimum atomic E-state index is 0.0540. The highest BCUT2D eigenvalue weighted by molar-refractivity contribution is 6.23. The Morgan fingerprint density at radius 2 is 2.00 bits per heavy atom. The Balaban J connectivity index is 2.11. The smallest absolute Gasteiger partial charge is 0.168 e. The number of carbonyl (C=O) groups excluding carboxylic acids is 1. The van der Waals surface area contributed by atoms with Crippen LogP contribution in [-0.4, -0.2) is 23.1 Å². The predicted octanol–water partition coefficient (Wildman–Crippen LogP) is 4.43. The molecule has 2 rings (SSSR count). The van der Waals surface area contributed by atoms with Gasteiger partial charge in [0.25, 0.3) is 0 Å². The number of ketones is 1. The molecule has 0 unspecified atom stereocenters. The van der Waals surface area contributed by atoms with Gasteiger partial charge in [0.05, 0.1) is 5.57 Å². The number of allylic oxidation sites excluding steroid dienone is 2. The molecule has 0 heterocycles. The molecule has 0 radical (unpaired) electrons. The van der Waals surface area contributed by atoms with Crippen LogP contribution < -0.4 is 0 Å². The maximum atomic E-state index is 12.1. The summed E-state index contributed by atoms with van der Waals surface area (Å²) in [4.78, 5) is 16.8. The number of hydrogen-bond donors (Lipinski definition) is 1. The zero-order chi connectivity index (χ0) is 15.8. The average molecular weight is 299 g/mol. The van der Waals surface area contributed by atoms with E-state index in [-0.39, 0.29) is 11.5 Å². The highest BCUT2D eigenvalue weighted by Crippen LogP contribution is 2.23. The Morgan fingerprint density at radius 3 is 2.68 bits per heavy atom. The van der Waals surface area contributed by atoms with Crippen molar-refractivity contribution in [1.82, 2.24) is 0 Å². The number of aliphatic hydroxyl groups is 1. The third-order valence-corrected chi connectivity index (χ3v) is 3.99. The minimum absolute atomic E-state index is 0.0540. The predicted molar refractivity (Wildman–Crippen MR) is 90.5 cm³/mol. The van der Waals surface area contributed by atoms with Gasteiger partial charge in [-0.1, -0.05) is 43.7 Å². The molecule has 0 saturated heterocycles. The second-order valence-corrected chi connectivity index (χ2v) is 5.77. The van der Waals surface area contributed by atoms with Gasteiger partial charge in [-0.25, -0.2) is 0 Å². The topological polar surface area (TPSA) is 49.7 Å². The van der Waals surface area contributed by atoms with E-state index in [1.54, 1.807) is 0 Å². The largest absolute Gasteiger partial charge is 0.511 e. The van der Waals surface area contributed by atoms with Crippen molar-refractivity contribution in [3.8, 4) is 0 Å². The van der Waals surface area contributed by atoms with Gasteiger partial charge in [-0.2, -0.15) is 0 Å². The van der Waals surface area contributed by atoms with E-state index in [4.69, 9.17) is 0 Å². The van der Waals surface area contributed by atoms with Crippen LogP contribution in [-0.2, 0) is 11.2 Å². The van der Waals surface area contributed by atoms with Gasteiger partial charge in [0, 0.05) is 25.1 Å². The number of aliphatic imine (C=N–C) groups is 1. The van der Waals surface area contributed by atoms with Crippen molar-refractivity contribution >= 4 is 11.5 Å². The maximum Gasteiger partial charge on any atom is 0.168 e. The van der Waals surface area contributed by atoms with Crippen LogP contribution in [0.2, 0.25) is 0 Å². The molecule has 0 aliphatic heterocycles. The van der Waals surface area contributed by atoms with Crippen molar-refractivity contribution in [1.29, 1.82) is 0 Å². The summed E-state index contributed by atoms with van der Waals surface area (Å²) in [5.74, 6) is 0.295. The second kappa shape index (κ2) is 8.52. The fraction of sp³-hybridized carbons (Fsp3) is 0.474. The molecule has 0 fully saturated rings. The Labute approximate surface area is 132 Å². The molecule has 0 saturated carbocycles. The Kier molecular flexibility index (Phi) is 6.38. The molecule has 1 aliphatic rings. The molecule has 0 amide bonds. The number of nitrogens with zero attached hydrogens (tertiary/aromatic N) is 1. The van der Waals surface area contributed by atoms with Gasteiger partial charge in [-0.15, -0.1) is 0 Å². The zero-order valence-electron chi connectivity index (χ0n) is 13.3. The van der Waals surface area contributed by atoms with Gasteiger partial charge < -0.3 is 5.11 Å². The van der Waals surface area contributed by atoms with Crippen molar-refractivity contribution in [2.45, 2.75) is 51.9 Å². The summed E-state index contributed by atoms with van der Waals surface area (Å²) in [6.07, 6.45) is 5.57. The minimum Gasteiger partial charge on any atom is -0.511 e. The summed E-state index contributed by atoms with van der Waals surface area (Å²) >= 11 is 0. The van der Waals surface area contributed by atoms with E-state index in [9.17, 15) is 9.90 Å². The van der Waals surface area contributed by atoms with Crippen molar-refractivity contribution in [3.63, 3.8) is 0 Å². The van der Waals surface area contributed by atoms with Crippen LogP contribution in [0.25, 0.3) is 0 Å². The van der Waals surface area contributed by atoms with Crippen LogP contribution in [0.15, 0.2) is 46.7 Å². The molecule has 3 nitrogen and oxygen atoms in total. The van der Waals surface area contributed by atoms with E-state index in [0.29, 0.717) is 25.0 Å². The molecular formula is C19H25NO2. The number of hydrogen-bond acceptors (Lipinski definition) is 3. The van der Waals surface area contributed by atoms with Gasteiger partial charge >= 0.3 is 0 Å². The SMILES string of the molecule is CCCCC(=NCCc1ccccc1)C1=C(O)CCCC1=O. The number of carbonyl (C=O) groups is 1. The summed E-state index contributed by atoms with van der Waals surface area (Å²) in [5.41, 5.74) is 2.56. The fourth-order valence-corrected chi connectivity index (χ4v) is 2.75. The van der Waals surface area contributed by atoms with Crippen LogP contribution in [0.3, 0.4) is 0 Å². The van der Waals surface area contributed by atoms with Crippen molar-refractivity contribution in [3.05, 3.63) is 47.2 Å². The quantitative estimate of drug-likeness (QED) is 0.757. The Hall–Kier alpha value is -1.90. The van der Waals surface area contributed by atoms with E-state index in [1.165, 1.54) is 5.56 Å². The van der Waals surface area contributed by atoms with Gasteiger partial charge in [0.1, 0.15) is 5.76 Å². The molecule has 0 atom stereocenters. The number of aliphatic hydroxyl groups excluding tert-OH is 1. The summed E-state index contributed by atoms with van der Waals surface area (Å²) in [6.45, 7) is 2.78. The van der Waals surface area contributed by atoms with Crippen molar-refractivity contribution < 1.29 is 9.90 Å². The standard InChI is InChI=1S/C19H25NO2/c1-2-3-10-16(19-17(21)11-7-12-18(19)22)20-14-13-15-8-5-4-6-9-15/h4-6,8-9,21H,2-3,7,10-14H2,1H3. The lowest BCUT2D eigenvalue weighted by molar-refractivity contribution is -0.115. The lowest BCUT2D eigenvalue weighted by atomic mass is 9.90. The number of Topliss-reactive ketones (excluding diaryl/α,β-unsaturated/α-hetero) is 1. The van der Waals surface area contributed by atoms with Crippen LogP contribution in [0.5, 0.6) is 0 Å². The molecule has 0 spiro atoms. The van der Waals surface area contributed by atoms with Gasteiger partial charge in [0.15, 0.2) is 5.78 Å². The highest BCUT2D eigenvalue weighted by Gasteiger charge is 2.24. The first kappa shape index (κ1) is 16.5. The Morgan fingerprint density at radius 1 is 1.23 bits per heavy atom. The van der Waals surface area contributed by atoms with E-state index in [1.807, 2.05) is 18.2 Å². The zero-order valence-corrected chi connectivity index (χ0v) is 13.3. The normalized spacial score (nSPS) is 16.2. The first-order valence-corrected chi connectivity index (χ1v) is 8.25. The Bertz CT molecular complexity index is 558. The van der Waals surface area contributed by atoms with Gasteiger partial charge in [-0.3, -0.25) is 9.79 Å². The summed E-state index contributed by atoms with van der Waals surface area (Å²) in [6, 6.07) is 10.2. The molecule has 1 N–H and O–H groups in total. The van der Waals surface area contributed by atoms with Crippen LogP contribution in [0, 0.1) is 0 Å². The lowest BCUT2D eigenvalue weighted by Gasteiger charge is -2.17. The van der Waals surface area contributed by atoms with E-state index in [0.717, 1.165) is 37.8 Å². The molecule has 1 aliphatic carbocycles. The van der Waals surface area contributed by atoms with Crippen molar-refractivity contribution in [2.24, 2.45) is 4.99 Å². The lowest BCUT2D eigenvalue weighted by Crippen LogP contribution is -2.20. The monoisotopic (exact) mass is 299 g/mol. The first-order chi connectivity index (χ1) is 10.7. The molecule has 1 aromatic rings. The van der Waals surface area contributed by atoms with Crippen LogP contribution in [0.1, 0.15) is 51.0 Å². The fourth-order valence-electron chi connectivity index (χ4n) is 2.75. The molecular weight excluding hydrogens is 274 g/mol. The second-order valence-electron chi connectivity index (χ2n) is 5.77. The van der Waals surface area contributed by atoms with Gasteiger partial charge in [-0.05, 0) is 31.2 Å². The molecule has 1 aromatic carbocycles. The molecule has 3 heteroatoms. The summed E-state index contributed by atoms with van der Waals surface area (Å²) in [5, 5.41) is 10.1. The molecule has 0 bridgehead atoms. The number of benzene rings is 1. The van der Waals surface area contributed by atoms with E-state index < -0.39 is 0 Å². The first-order valence-electron chi connectivity index (χ1n) is 8.25. The molecule has 22 heavy (non-hydrogen) atoms. The maximum absolute atomic E-state index is 12.1. The average Bonchev–Trinajstić information content (AvgIpc) is 2.53. The summed E-state index contributed by atoms with van der Waals surface area (Å²) < 4.78 is 0. The number of rotatable bonds is 7. The molecule has 0 aromatic heterocycles.